The van der Waals surface area contributed by atoms with E-state index in [1.165, 1.54) is 18.2 Å². The zero-order valence-electron chi connectivity index (χ0n) is 12.4. The summed E-state index contributed by atoms with van der Waals surface area (Å²) in [6, 6.07) is 13.3. The zero-order chi connectivity index (χ0) is 17.1. The fraction of sp³-hybridized carbons (Fsp3) is 0.0556. The molecule has 0 atom stereocenters. The Labute approximate surface area is 135 Å². The van der Waals surface area contributed by atoms with Crippen LogP contribution in [-0.4, -0.2) is 23.3 Å². The van der Waals surface area contributed by atoms with E-state index in [9.17, 15) is 18.8 Å². The molecule has 3 aromatic rings. The molecule has 3 rings (SSSR count). The maximum Gasteiger partial charge on any atom is 0.339 e. The van der Waals surface area contributed by atoms with Crippen molar-refractivity contribution in [1.82, 2.24) is 4.98 Å². The Morgan fingerprint density at radius 3 is 2.50 bits per heavy atom. The number of rotatable bonds is 4. The number of aromatic amines is 1. The van der Waals surface area contributed by atoms with Gasteiger partial charge in [-0.1, -0.05) is 30.3 Å². The third kappa shape index (κ3) is 3.08. The summed E-state index contributed by atoms with van der Waals surface area (Å²) in [6.07, 6.45) is 0. The first-order chi connectivity index (χ1) is 11.6. The number of Topliss-reactive ketones (excluding diaryl/α,β-unsaturated/α-hetero) is 1. The molecule has 0 aliphatic rings. The minimum Gasteiger partial charge on any atom is -0.454 e. The number of hydrogen-bond acceptors (Lipinski definition) is 4. The molecule has 0 saturated heterocycles. The second kappa shape index (κ2) is 6.45. The predicted octanol–water partition coefficient (Wildman–Crippen LogP) is 2.71. The SMILES string of the molecule is O=C(COC(=O)c1cc(=O)[nH]c2ccccc12)c1ccccc1F. The zero-order valence-corrected chi connectivity index (χ0v) is 12.4. The molecule has 0 aliphatic heterocycles. The average molecular weight is 325 g/mol. The molecule has 0 unspecified atom stereocenters. The Kier molecular flexibility index (Phi) is 4.20. The second-order valence-corrected chi connectivity index (χ2v) is 5.07. The van der Waals surface area contributed by atoms with Crippen LogP contribution >= 0.6 is 0 Å². The van der Waals surface area contributed by atoms with Gasteiger partial charge in [0.1, 0.15) is 5.82 Å². The highest BCUT2D eigenvalue weighted by Gasteiger charge is 2.17. The van der Waals surface area contributed by atoms with Gasteiger partial charge in [-0.05, 0) is 18.2 Å². The van der Waals surface area contributed by atoms with E-state index >= 15 is 0 Å². The third-order valence-corrected chi connectivity index (χ3v) is 3.48. The Hall–Kier alpha value is -3.28. The first-order valence-electron chi connectivity index (χ1n) is 7.13. The second-order valence-electron chi connectivity index (χ2n) is 5.07. The number of carbonyl (C=O) groups excluding carboxylic acids is 2. The quantitative estimate of drug-likeness (QED) is 0.591. The number of aromatic nitrogens is 1. The number of para-hydroxylation sites is 1. The molecule has 1 N–H and O–H groups in total. The third-order valence-electron chi connectivity index (χ3n) is 3.48. The van der Waals surface area contributed by atoms with Gasteiger partial charge >= 0.3 is 5.97 Å². The van der Waals surface area contributed by atoms with Gasteiger partial charge in [0.2, 0.25) is 11.3 Å². The molecule has 0 aliphatic carbocycles. The van der Waals surface area contributed by atoms with E-state index in [1.54, 1.807) is 24.3 Å². The molecule has 1 heterocycles. The van der Waals surface area contributed by atoms with E-state index in [-0.39, 0.29) is 11.1 Å². The van der Waals surface area contributed by atoms with Crippen LogP contribution in [0.1, 0.15) is 20.7 Å². The molecule has 0 bridgehead atoms. The number of hydrogen-bond donors (Lipinski definition) is 1. The first-order valence-corrected chi connectivity index (χ1v) is 7.13. The maximum absolute atomic E-state index is 13.5. The van der Waals surface area contributed by atoms with Crippen LogP contribution in [0.15, 0.2) is 59.4 Å². The predicted molar refractivity (Wildman–Crippen MR) is 85.6 cm³/mol. The van der Waals surface area contributed by atoms with Gasteiger partial charge in [-0.2, -0.15) is 0 Å². The Morgan fingerprint density at radius 2 is 1.71 bits per heavy atom. The van der Waals surface area contributed by atoms with Crippen molar-refractivity contribution in [1.29, 1.82) is 0 Å². The standard InChI is InChI=1S/C18H12FNO4/c19-14-7-3-1-6-12(14)16(21)10-24-18(23)13-9-17(22)20-15-8-4-2-5-11(13)15/h1-9H,10H2,(H,20,22). The number of carbonyl (C=O) groups is 2. The number of ether oxygens (including phenoxy) is 1. The van der Waals surface area contributed by atoms with Gasteiger partial charge in [0, 0.05) is 17.0 Å². The van der Waals surface area contributed by atoms with E-state index in [0.29, 0.717) is 10.9 Å². The van der Waals surface area contributed by atoms with Crippen LogP contribution in [0.25, 0.3) is 10.9 Å². The number of nitrogens with one attached hydrogen (secondary N) is 1. The minimum atomic E-state index is -0.818. The summed E-state index contributed by atoms with van der Waals surface area (Å²) in [5.41, 5.74) is -0.0739. The summed E-state index contributed by atoms with van der Waals surface area (Å²) in [5.74, 6) is -2.15. The maximum atomic E-state index is 13.5. The summed E-state index contributed by atoms with van der Waals surface area (Å²) >= 11 is 0. The van der Waals surface area contributed by atoms with Gasteiger partial charge in [-0.25, -0.2) is 9.18 Å². The fourth-order valence-electron chi connectivity index (χ4n) is 2.35. The highest BCUT2D eigenvalue weighted by Crippen LogP contribution is 2.16. The first kappa shape index (κ1) is 15.6. The van der Waals surface area contributed by atoms with Gasteiger partial charge in [0.15, 0.2) is 6.61 Å². The fourth-order valence-corrected chi connectivity index (χ4v) is 2.35. The van der Waals surface area contributed by atoms with E-state index in [0.717, 1.165) is 12.1 Å². The molecule has 1 aromatic heterocycles. The van der Waals surface area contributed by atoms with Gasteiger partial charge in [0.25, 0.3) is 0 Å². The van der Waals surface area contributed by atoms with Crippen molar-refractivity contribution in [2.24, 2.45) is 0 Å². The molecular weight excluding hydrogens is 313 g/mol. The van der Waals surface area contributed by atoms with E-state index in [2.05, 4.69) is 4.98 Å². The van der Waals surface area contributed by atoms with Gasteiger partial charge in [-0.3, -0.25) is 9.59 Å². The molecule has 24 heavy (non-hydrogen) atoms. The number of H-pyrrole nitrogens is 1. The summed E-state index contributed by atoms with van der Waals surface area (Å²) in [7, 11) is 0. The van der Waals surface area contributed by atoms with Crippen LogP contribution in [-0.2, 0) is 4.74 Å². The molecule has 0 saturated carbocycles. The van der Waals surface area contributed by atoms with Crippen molar-refractivity contribution in [2.75, 3.05) is 6.61 Å². The molecule has 2 aromatic carbocycles. The highest BCUT2D eigenvalue weighted by molar-refractivity contribution is 6.05. The minimum absolute atomic E-state index is 0.0516. The molecule has 120 valence electrons. The molecular formula is C18H12FNO4. The van der Waals surface area contributed by atoms with Crippen molar-refractivity contribution in [3.63, 3.8) is 0 Å². The lowest BCUT2D eigenvalue weighted by Crippen LogP contribution is -2.17. The van der Waals surface area contributed by atoms with Gasteiger partial charge in [0.05, 0.1) is 11.1 Å². The monoisotopic (exact) mass is 325 g/mol. The van der Waals surface area contributed by atoms with Crippen molar-refractivity contribution < 1.29 is 18.7 Å². The molecule has 0 radical (unpaired) electrons. The molecule has 6 heteroatoms. The lowest BCUT2D eigenvalue weighted by molar-refractivity contribution is 0.0475. The molecule has 0 spiro atoms. The van der Waals surface area contributed by atoms with Crippen LogP contribution in [0.3, 0.4) is 0 Å². The normalized spacial score (nSPS) is 10.5. The van der Waals surface area contributed by atoms with Crippen molar-refractivity contribution in [3.05, 3.63) is 81.9 Å². The van der Waals surface area contributed by atoms with Crippen LogP contribution in [0, 0.1) is 5.82 Å². The summed E-state index contributed by atoms with van der Waals surface area (Å²) in [4.78, 5) is 38.4. The average Bonchev–Trinajstić information content (AvgIpc) is 2.59. The Bertz CT molecular complexity index is 993. The van der Waals surface area contributed by atoms with Crippen LogP contribution in [0.5, 0.6) is 0 Å². The number of benzene rings is 2. The van der Waals surface area contributed by atoms with E-state index < -0.39 is 29.7 Å². The Balaban J connectivity index is 1.82. The largest absolute Gasteiger partial charge is 0.454 e. The summed E-state index contributed by atoms with van der Waals surface area (Å²) in [6.45, 7) is -0.610. The number of ketones is 1. The smallest absolute Gasteiger partial charge is 0.339 e. The molecule has 0 amide bonds. The number of esters is 1. The van der Waals surface area contributed by atoms with Crippen molar-refractivity contribution in [2.45, 2.75) is 0 Å². The van der Waals surface area contributed by atoms with E-state index in [1.807, 2.05) is 0 Å². The Morgan fingerprint density at radius 1 is 1.00 bits per heavy atom. The number of fused-ring (bicyclic) bond motifs is 1. The number of pyridine rings is 1. The van der Waals surface area contributed by atoms with Crippen LogP contribution in [0.4, 0.5) is 4.39 Å². The van der Waals surface area contributed by atoms with Crippen LogP contribution in [0.2, 0.25) is 0 Å². The van der Waals surface area contributed by atoms with Gasteiger partial charge < -0.3 is 9.72 Å². The highest BCUT2D eigenvalue weighted by atomic mass is 19.1. The topological polar surface area (TPSA) is 76.2 Å². The molecule has 5 nitrogen and oxygen atoms in total. The van der Waals surface area contributed by atoms with Crippen molar-refractivity contribution >= 4 is 22.7 Å². The summed E-state index contributed by atoms with van der Waals surface area (Å²) in [5, 5.41) is 0.500. The molecule has 0 fully saturated rings. The van der Waals surface area contributed by atoms with Crippen molar-refractivity contribution in [3.8, 4) is 0 Å². The van der Waals surface area contributed by atoms with Crippen LogP contribution < -0.4 is 5.56 Å². The van der Waals surface area contributed by atoms with E-state index in [4.69, 9.17) is 4.74 Å². The number of halogens is 1. The van der Waals surface area contributed by atoms with Gasteiger partial charge in [-0.15, -0.1) is 0 Å². The summed E-state index contributed by atoms with van der Waals surface area (Å²) < 4.78 is 18.5. The lowest BCUT2D eigenvalue weighted by Gasteiger charge is -2.07. The lowest BCUT2D eigenvalue weighted by atomic mass is 10.1.